The second-order valence-corrected chi connectivity index (χ2v) is 2.88. The summed E-state index contributed by atoms with van der Waals surface area (Å²) in [5.74, 6) is 0. The van der Waals surface area contributed by atoms with E-state index in [1.54, 1.807) is 0 Å². The van der Waals surface area contributed by atoms with E-state index in [1.807, 2.05) is 12.1 Å². The first-order valence-corrected chi connectivity index (χ1v) is 4.56. The Morgan fingerprint density at radius 1 is 1.33 bits per heavy atom. The van der Waals surface area contributed by atoms with Crippen molar-refractivity contribution in [1.29, 1.82) is 0 Å². The summed E-state index contributed by atoms with van der Waals surface area (Å²) >= 11 is 0. The van der Waals surface area contributed by atoms with Crippen LogP contribution in [0.2, 0.25) is 0 Å². The van der Waals surface area contributed by atoms with Crippen LogP contribution >= 0.6 is 0 Å². The van der Waals surface area contributed by atoms with Crippen molar-refractivity contribution < 1.29 is 0 Å². The molecule has 0 nitrogen and oxygen atoms in total. The lowest BCUT2D eigenvalue weighted by Crippen LogP contribution is -1.70. The molecule has 1 radical (unpaired) electrons. The summed E-state index contributed by atoms with van der Waals surface area (Å²) in [6, 6.07) is 11.0. The van der Waals surface area contributed by atoms with Gasteiger partial charge >= 0.3 is 0 Å². The Morgan fingerprint density at radius 3 is 2.75 bits per heavy atom. The highest BCUT2D eigenvalue weighted by Crippen LogP contribution is 2.03. The van der Waals surface area contributed by atoms with Crippen LogP contribution in [-0.2, 0) is 0 Å². The van der Waals surface area contributed by atoms with Crippen LogP contribution in [0, 0.1) is 6.07 Å². The molecular formula is C12H15. The Kier molecular flexibility index (Phi) is 4.22. The van der Waals surface area contributed by atoms with Crippen LogP contribution in [0.3, 0.4) is 0 Å². The minimum Gasteiger partial charge on any atom is -0.0839 e. The molecule has 0 spiro atoms. The highest BCUT2D eigenvalue weighted by Gasteiger charge is 1.82. The van der Waals surface area contributed by atoms with Gasteiger partial charge in [0.05, 0.1) is 0 Å². The average molecular weight is 159 g/mol. The van der Waals surface area contributed by atoms with Gasteiger partial charge in [-0.15, -0.1) is 0 Å². The molecule has 1 rings (SSSR count). The van der Waals surface area contributed by atoms with E-state index in [0.29, 0.717) is 0 Å². The highest BCUT2D eigenvalue weighted by atomic mass is 13.9. The van der Waals surface area contributed by atoms with Crippen molar-refractivity contribution in [2.45, 2.75) is 26.2 Å². The first-order chi connectivity index (χ1) is 5.93. The largest absolute Gasteiger partial charge is 0.0839 e. The van der Waals surface area contributed by atoms with Crippen LogP contribution in [-0.4, -0.2) is 0 Å². The summed E-state index contributed by atoms with van der Waals surface area (Å²) in [6.45, 7) is 2.21. The standard InChI is InChI=1S/C12H15/c1-2-3-4-6-9-12-10-7-5-8-11-12/h6-11H,2-4H2,1H3. The maximum Gasteiger partial charge on any atom is -0.0184 e. The number of benzene rings is 1. The van der Waals surface area contributed by atoms with Gasteiger partial charge in [-0.2, -0.15) is 0 Å². The molecule has 0 aliphatic rings. The molecule has 0 saturated heterocycles. The van der Waals surface area contributed by atoms with Gasteiger partial charge in [0.2, 0.25) is 0 Å². The van der Waals surface area contributed by atoms with E-state index in [1.165, 1.54) is 24.8 Å². The lowest BCUT2D eigenvalue weighted by Gasteiger charge is -1.91. The summed E-state index contributed by atoms with van der Waals surface area (Å²) < 4.78 is 0. The van der Waals surface area contributed by atoms with Crippen LogP contribution in [0.1, 0.15) is 31.7 Å². The molecule has 0 atom stereocenters. The molecule has 0 amide bonds. The van der Waals surface area contributed by atoms with Crippen molar-refractivity contribution in [3.8, 4) is 0 Å². The predicted molar refractivity (Wildman–Crippen MR) is 53.8 cm³/mol. The van der Waals surface area contributed by atoms with Crippen molar-refractivity contribution in [3.05, 3.63) is 42.0 Å². The van der Waals surface area contributed by atoms with E-state index >= 15 is 0 Å². The third-order valence-corrected chi connectivity index (χ3v) is 1.78. The molecule has 0 aliphatic carbocycles. The predicted octanol–water partition coefficient (Wildman–Crippen LogP) is 3.69. The van der Waals surface area contributed by atoms with Crippen molar-refractivity contribution in [3.63, 3.8) is 0 Å². The molecule has 1 aromatic rings. The van der Waals surface area contributed by atoms with Crippen molar-refractivity contribution in [1.82, 2.24) is 0 Å². The van der Waals surface area contributed by atoms with Gasteiger partial charge in [-0.25, -0.2) is 0 Å². The molecule has 0 heteroatoms. The third-order valence-electron chi connectivity index (χ3n) is 1.78. The fourth-order valence-corrected chi connectivity index (χ4v) is 1.05. The van der Waals surface area contributed by atoms with Crippen molar-refractivity contribution >= 4 is 6.08 Å². The lowest BCUT2D eigenvalue weighted by atomic mass is 10.2. The molecule has 0 heterocycles. The monoisotopic (exact) mass is 159 g/mol. The average Bonchev–Trinajstić information content (AvgIpc) is 2.14. The highest BCUT2D eigenvalue weighted by molar-refractivity contribution is 5.48. The molecular weight excluding hydrogens is 144 g/mol. The second-order valence-electron chi connectivity index (χ2n) is 2.88. The van der Waals surface area contributed by atoms with Gasteiger partial charge in [0.25, 0.3) is 0 Å². The normalized spacial score (nSPS) is 10.8. The first kappa shape index (κ1) is 9.05. The van der Waals surface area contributed by atoms with Crippen LogP contribution in [0.4, 0.5) is 0 Å². The quantitative estimate of drug-likeness (QED) is 0.588. The number of hydrogen-bond donors (Lipinski definition) is 0. The van der Waals surface area contributed by atoms with E-state index < -0.39 is 0 Å². The summed E-state index contributed by atoms with van der Waals surface area (Å²) in [4.78, 5) is 0. The topological polar surface area (TPSA) is 0 Å². The summed E-state index contributed by atoms with van der Waals surface area (Å²) in [5, 5.41) is 0. The number of unbranched alkanes of at least 4 members (excludes halogenated alkanes) is 2. The van der Waals surface area contributed by atoms with Gasteiger partial charge in [0.1, 0.15) is 0 Å². The van der Waals surface area contributed by atoms with Crippen LogP contribution < -0.4 is 0 Å². The van der Waals surface area contributed by atoms with E-state index in [2.05, 4.69) is 37.3 Å². The van der Waals surface area contributed by atoms with Crippen molar-refractivity contribution in [2.24, 2.45) is 0 Å². The Balaban J connectivity index is 2.36. The minimum atomic E-state index is 1.19. The fourth-order valence-electron chi connectivity index (χ4n) is 1.05. The molecule has 0 aliphatic heterocycles. The molecule has 63 valence electrons. The maximum atomic E-state index is 3.00. The maximum absolute atomic E-state index is 3.00. The van der Waals surface area contributed by atoms with E-state index in [0.717, 1.165) is 0 Å². The number of allylic oxidation sites excluding steroid dienone is 1. The van der Waals surface area contributed by atoms with Gasteiger partial charge in [0.15, 0.2) is 0 Å². The molecule has 0 saturated carbocycles. The van der Waals surface area contributed by atoms with E-state index in [4.69, 9.17) is 0 Å². The van der Waals surface area contributed by atoms with Gasteiger partial charge < -0.3 is 0 Å². The van der Waals surface area contributed by atoms with Gasteiger partial charge in [0, 0.05) is 0 Å². The molecule has 12 heavy (non-hydrogen) atoms. The van der Waals surface area contributed by atoms with Crippen LogP contribution in [0.5, 0.6) is 0 Å². The molecule has 0 aromatic heterocycles. The van der Waals surface area contributed by atoms with E-state index in [-0.39, 0.29) is 0 Å². The molecule has 0 bridgehead atoms. The second kappa shape index (κ2) is 5.59. The van der Waals surface area contributed by atoms with Gasteiger partial charge in [-0.3, -0.25) is 0 Å². The first-order valence-electron chi connectivity index (χ1n) is 4.56. The minimum absolute atomic E-state index is 1.19. The Hall–Kier alpha value is -1.04. The zero-order chi connectivity index (χ0) is 8.65. The van der Waals surface area contributed by atoms with Crippen LogP contribution in [0.25, 0.3) is 6.08 Å². The SMILES string of the molecule is CCCCC=Cc1cc[c]cc1. The Morgan fingerprint density at radius 2 is 2.08 bits per heavy atom. The molecule has 0 N–H and O–H groups in total. The Bertz CT molecular complexity index is 221. The zero-order valence-electron chi connectivity index (χ0n) is 7.59. The molecule has 0 unspecified atom stereocenters. The van der Waals surface area contributed by atoms with Crippen LogP contribution in [0.15, 0.2) is 30.3 Å². The summed E-state index contributed by atoms with van der Waals surface area (Å²) in [6.07, 6.45) is 8.15. The van der Waals surface area contributed by atoms with Crippen molar-refractivity contribution in [2.75, 3.05) is 0 Å². The lowest BCUT2D eigenvalue weighted by molar-refractivity contribution is 0.816. The Labute approximate surface area is 74.9 Å². The van der Waals surface area contributed by atoms with E-state index in [9.17, 15) is 0 Å². The summed E-state index contributed by atoms with van der Waals surface area (Å²) in [5.41, 5.74) is 1.27. The number of rotatable bonds is 4. The third kappa shape index (κ3) is 3.38. The fraction of sp³-hybridized carbons (Fsp3) is 0.333. The van der Waals surface area contributed by atoms with Gasteiger partial charge in [-0.05, 0) is 18.1 Å². The molecule has 1 aromatic carbocycles. The zero-order valence-corrected chi connectivity index (χ0v) is 7.59. The molecule has 0 fully saturated rings. The summed E-state index contributed by atoms with van der Waals surface area (Å²) in [7, 11) is 0. The number of hydrogen-bond acceptors (Lipinski definition) is 0. The van der Waals surface area contributed by atoms with Gasteiger partial charge in [-0.1, -0.05) is 56.2 Å². The smallest absolute Gasteiger partial charge is 0.0184 e.